The Morgan fingerprint density at radius 3 is 2.67 bits per heavy atom. The number of carbonyl (C=O) groups excluding carboxylic acids is 1. The van der Waals surface area contributed by atoms with Crippen molar-refractivity contribution in [1.82, 2.24) is 14.9 Å². The number of likely N-dealkylation sites (tertiary alicyclic amines) is 1. The van der Waals surface area contributed by atoms with E-state index in [4.69, 9.17) is 19.0 Å². The zero-order valence-corrected chi connectivity index (χ0v) is 20.5. The fraction of sp³-hybridized carbons (Fsp3) is 0.600. The number of hydrogen-bond acceptors (Lipinski definition) is 5. The Morgan fingerprint density at radius 2 is 1.97 bits per heavy atom. The van der Waals surface area contributed by atoms with Crippen LogP contribution < -0.4 is 10.2 Å². The fourth-order valence-corrected chi connectivity index (χ4v) is 4.86. The summed E-state index contributed by atoms with van der Waals surface area (Å²) in [6, 6.07) is 6.08. The van der Waals surface area contributed by atoms with Crippen LogP contribution >= 0.6 is 0 Å². The normalized spacial score (nSPS) is 22.9. The van der Waals surface area contributed by atoms with Gasteiger partial charge < -0.3 is 23.9 Å². The summed E-state index contributed by atoms with van der Waals surface area (Å²) in [7, 11) is -0.431. The smallest absolute Gasteiger partial charge is 0.487 e. The molecule has 1 N–H and O–H groups in total. The SMILES string of the molecule is CC(C)CC(=O)N1CCC[C@H]1c1nc2c([nH]1)COc1cc(B3OC(C)(C)C(C)(C)O3)ccc1-2. The van der Waals surface area contributed by atoms with E-state index >= 15 is 0 Å². The summed E-state index contributed by atoms with van der Waals surface area (Å²) in [5, 5.41) is 0. The number of carbonyl (C=O) groups is 1. The van der Waals surface area contributed by atoms with E-state index in [2.05, 4.69) is 46.5 Å². The largest absolute Gasteiger partial charge is 0.494 e. The molecule has 0 spiro atoms. The highest BCUT2D eigenvalue weighted by Crippen LogP contribution is 2.40. The van der Waals surface area contributed by atoms with Gasteiger partial charge in [0, 0.05) is 18.5 Å². The molecule has 0 unspecified atom stereocenters. The lowest BCUT2D eigenvalue weighted by atomic mass is 9.78. The van der Waals surface area contributed by atoms with Crippen molar-refractivity contribution in [3.63, 3.8) is 0 Å². The van der Waals surface area contributed by atoms with Crippen LogP contribution in [0.4, 0.5) is 0 Å². The molecule has 0 saturated carbocycles. The average Bonchev–Trinajstić information content (AvgIpc) is 3.43. The second-order valence-corrected chi connectivity index (χ2v) is 10.9. The number of amides is 1. The molecule has 176 valence electrons. The van der Waals surface area contributed by atoms with Crippen molar-refractivity contribution in [2.24, 2.45) is 5.92 Å². The minimum absolute atomic E-state index is 0.00863. The maximum Gasteiger partial charge on any atom is 0.494 e. The van der Waals surface area contributed by atoms with Crippen molar-refractivity contribution in [3.05, 3.63) is 29.7 Å². The van der Waals surface area contributed by atoms with Gasteiger partial charge in [0.05, 0.1) is 28.6 Å². The second kappa shape index (κ2) is 7.88. The summed E-state index contributed by atoms with van der Waals surface area (Å²) in [5.41, 5.74) is 2.99. The number of benzene rings is 1. The first kappa shape index (κ1) is 22.5. The van der Waals surface area contributed by atoms with Gasteiger partial charge in [0.1, 0.15) is 18.2 Å². The predicted octanol–water partition coefficient (Wildman–Crippen LogP) is 3.98. The lowest BCUT2D eigenvalue weighted by molar-refractivity contribution is -0.133. The van der Waals surface area contributed by atoms with Crippen LogP contribution in [0, 0.1) is 5.92 Å². The van der Waals surface area contributed by atoms with Crippen molar-refractivity contribution < 1.29 is 18.8 Å². The number of H-pyrrole nitrogens is 1. The fourth-order valence-electron chi connectivity index (χ4n) is 4.86. The van der Waals surface area contributed by atoms with E-state index < -0.39 is 18.3 Å². The van der Waals surface area contributed by atoms with E-state index in [1.54, 1.807) is 0 Å². The molecule has 0 radical (unpaired) electrons. The molecule has 3 aliphatic heterocycles. The minimum atomic E-state index is -0.431. The Kier molecular flexibility index (Phi) is 5.37. The topological polar surface area (TPSA) is 76.7 Å². The first-order valence-electron chi connectivity index (χ1n) is 12.1. The minimum Gasteiger partial charge on any atom is -0.487 e. The molecule has 2 saturated heterocycles. The van der Waals surface area contributed by atoms with Gasteiger partial charge in [-0.3, -0.25) is 4.79 Å². The van der Waals surface area contributed by atoms with Gasteiger partial charge in [-0.05, 0) is 64.1 Å². The molecule has 1 amide bonds. The first-order valence-corrected chi connectivity index (χ1v) is 12.1. The molecule has 1 atom stereocenters. The van der Waals surface area contributed by atoms with Crippen LogP contribution in [-0.4, -0.2) is 45.6 Å². The van der Waals surface area contributed by atoms with Gasteiger partial charge in [-0.15, -0.1) is 0 Å². The summed E-state index contributed by atoms with van der Waals surface area (Å²) in [5.74, 6) is 2.21. The lowest BCUT2D eigenvalue weighted by Crippen LogP contribution is -2.41. The van der Waals surface area contributed by atoms with Crippen LogP contribution in [-0.2, 0) is 20.7 Å². The standard InChI is InChI=1S/C25H34BN3O4/c1-15(2)12-21(30)29-11-7-8-19(29)23-27-18-14-31-20-13-16(9-10-17(20)22(18)28-23)26-32-24(3,4)25(5,6)33-26/h9-10,13,15,19H,7-8,11-12,14H2,1-6H3,(H,27,28)/t19-/m0/s1. The monoisotopic (exact) mass is 451 g/mol. The number of aromatic amines is 1. The summed E-state index contributed by atoms with van der Waals surface area (Å²) in [6.07, 6.45) is 2.51. The molecule has 1 aromatic heterocycles. The molecule has 0 aliphatic carbocycles. The average molecular weight is 451 g/mol. The molecule has 0 bridgehead atoms. The van der Waals surface area contributed by atoms with Crippen LogP contribution in [0.15, 0.2) is 18.2 Å². The van der Waals surface area contributed by atoms with Crippen LogP contribution in [0.5, 0.6) is 5.75 Å². The molecule has 4 heterocycles. The third-order valence-electron chi connectivity index (χ3n) is 7.43. The maximum absolute atomic E-state index is 12.8. The van der Waals surface area contributed by atoms with Crippen LogP contribution in [0.25, 0.3) is 11.3 Å². The van der Waals surface area contributed by atoms with Gasteiger partial charge in [0.25, 0.3) is 0 Å². The number of nitrogens with one attached hydrogen (secondary N) is 1. The summed E-state index contributed by atoms with van der Waals surface area (Å²) in [6.45, 7) is 13.6. The molecule has 2 fully saturated rings. The van der Waals surface area contributed by atoms with Crippen LogP contribution in [0.2, 0.25) is 0 Å². The Bertz CT molecular complexity index is 1060. The van der Waals surface area contributed by atoms with Gasteiger partial charge >= 0.3 is 7.12 Å². The molecule has 3 aliphatic rings. The molecule has 33 heavy (non-hydrogen) atoms. The summed E-state index contributed by atoms with van der Waals surface area (Å²) < 4.78 is 18.5. The second-order valence-electron chi connectivity index (χ2n) is 10.9. The van der Waals surface area contributed by atoms with Crippen molar-refractivity contribution in [1.29, 1.82) is 0 Å². The van der Waals surface area contributed by atoms with Gasteiger partial charge in [-0.25, -0.2) is 4.98 Å². The number of fused-ring (bicyclic) bond motifs is 3. The molecular weight excluding hydrogens is 417 g/mol. The molecule has 7 nitrogen and oxygen atoms in total. The van der Waals surface area contributed by atoms with E-state index in [0.29, 0.717) is 18.9 Å². The number of hydrogen-bond donors (Lipinski definition) is 1. The Morgan fingerprint density at radius 1 is 1.24 bits per heavy atom. The summed E-state index contributed by atoms with van der Waals surface area (Å²) in [4.78, 5) is 23.2. The van der Waals surface area contributed by atoms with Gasteiger partial charge in [0.2, 0.25) is 5.91 Å². The van der Waals surface area contributed by atoms with E-state index in [1.165, 1.54) is 0 Å². The number of imidazole rings is 1. The highest BCUT2D eigenvalue weighted by molar-refractivity contribution is 6.62. The molecule has 1 aromatic carbocycles. The van der Waals surface area contributed by atoms with E-state index in [0.717, 1.165) is 53.4 Å². The summed E-state index contributed by atoms with van der Waals surface area (Å²) >= 11 is 0. The predicted molar refractivity (Wildman–Crippen MR) is 127 cm³/mol. The third kappa shape index (κ3) is 3.87. The molecule has 8 heteroatoms. The number of rotatable bonds is 4. The zero-order chi connectivity index (χ0) is 23.5. The van der Waals surface area contributed by atoms with Gasteiger partial charge in [-0.2, -0.15) is 0 Å². The van der Waals surface area contributed by atoms with Crippen molar-refractivity contribution >= 4 is 18.5 Å². The van der Waals surface area contributed by atoms with Crippen molar-refractivity contribution in [2.45, 2.75) is 84.7 Å². The Hall–Kier alpha value is -2.32. The molecular formula is C25H34BN3O4. The third-order valence-corrected chi connectivity index (χ3v) is 7.43. The van der Waals surface area contributed by atoms with Crippen molar-refractivity contribution in [3.8, 4) is 17.0 Å². The highest BCUT2D eigenvalue weighted by Gasteiger charge is 2.52. The number of ether oxygens (including phenoxy) is 1. The zero-order valence-electron chi connectivity index (χ0n) is 20.5. The van der Waals surface area contributed by atoms with Gasteiger partial charge in [-0.1, -0.05) is 19.9 Å². The van der Waals surface area contributed by atoms with Crippen molar-refractivity contribution in [2.75, 3.05) is 6.54 Å². The van der Waals surface area contributed by atoms with E-state index in [1.807, 2.05) is 23.1 Å². The Balaban J connectivity index is 1.40. The molecule has 2 aromatic rings. The van der Waals surface area contributed by atoms with Crippen LogP contribution in [0.3, 0.4) is 0 Å². The number of nitrogens with zero attached hydrogens (tertiary/aromatic N) is 2. The number of aromatic nitrogens is 2. The highest BCUT2D eigenvalue weighted by atomic mass is 16.7. The van der Waals surface area contributed by atoms with Crippen LogP contribution in [0.1, 0.15) is 78.4 Å². The lowest BCUT2D eigenvalue weighted by Gasteiger charge is -2.32. The van der Waals surface area contributed by atoms with E-state index in [9.17, 15) is 4.79 Å². The Labute approximate surface area is 196 Å². The van der Waals surface area contributed by atoms with E-state index in [-0.39, 0.29) is 11.9 Å². The molecule has 5 rings (SSSR count). The maximum atomic E-state index is 12.8. The van der Waals surface area contributed by atoms with Gasteiger partial charge in [0.15, 0.2) is 0 Å². The quantitative estimate of drug-likeness (QED) is 0.712. The first-order chi connectivity index (χ1) is 15.6.